The van der Waals surface area contributed by atoms with E-state index < -0.39 is 0 Å². The molecule has 2 aromatic rings. The molecule has 0 bridgehead atoms. The summed E-state index contributed by atoms with van der Waals surface area (Å²) in [6, 6.07) is 13.7. The molecule has 9 nitrogen and oxygen atoms in total. The Hall–Kier alpha value is -2.92. The SMILES string of the molecule is CC(=O)Nc1ccc(NC(=O)CSC2=NC3NNCC3C(=O)N2c2ccc(Cl)cc2)cc1. The van der Waals surface area contributed by atoms with Crippen molar-refractivity contribution in [3.8, 4) is 0 Å². The molecule has 2 aliphatic heterocycles. The van der Waals surface area contributed by atoms with Gasteiger partial charge in [0.15, 0.2) is 5.17 Å². The molecule has 166 valence electrons. The smallest absolute Gasteiger partial charge is 0.241 e. The first kappa shape index (κ1) is 22.3. The standard InChI is InChI=1S/C21H21ClN6O3S/c1-12(29)24-14-4-6-15(7-5-14)25-18(30)11-32-21-26-19-17(10-23-27-19)20(31)28(21)16-8-2-13(22)3-9-16/h2-9,17,19,23,27H,10-11H2,1H3,(H,24,29)(H,25,30). The normalized spacial score (nSPS) is 19.9. The second-order valence-corrected chi connectivity index (χ2v) is 8.61. The highest BCUT2D eigenvalue weighted by atomic mass is 35.5. The van der Waals surface area contributed by atoms with Crippen molar-refractivity contribution in [2.45, 2.75) is 13.1 Å². The van der Waals surface area contributed by atoms with E-state index in [1.165, 1.54) is 23.6 Å². The lowest BCUT2D eigenvalue weighted by Crippen LogP contribution is -2.49. The minimum atomic E-state index is -0.377. The van der Waals surface area contributed by atoms with Crippen molar-refractivity contribution < 1.29 is 14.4 Å². The number of carbonyl (C=O) groups excluding carboxylic acids is 3. The molecule has 0 radical (unpaired) electrons. The highest BCUT2D eigenvalue weighted by molar-refractivity contribution is 8.14. The minimum absolute atomic E-state index is 0.0640. The Kier molecular flexibility index (Phi) is 6.75. The highest BCUT2D eigenvalue weighted by Crippen LogP contribution is 2.30. The Labute approximate surface area is 193 Å². The number of anilines is 3. The molecule has 0 spiro atoms. The summed E-state index contributed by atoms with van der Waals surface area (Å²) in [5.41, 5.74) is 7.85. The van der Waals surface area contributed by atoms with Gasteiger partial charge in [-0.25, -0.2) is 10.4 Å². The van der Waals surface area contributed by atoms with E-state index in [1.807, 2.05) is 0 Å². The summed E-state index contributed by atoms with van der Waals surface area (Å²) < 4.78 is 0. The molecule has 2 aliphatic rings. The maximum absolute atomic E-state index is 13.1. The van der Waals surface area contributed by atoms with E-state index in [1.54, 1.807) is 48.5 Å². The van der Waals surface area contributed by atoms with Crippen LogP contribution in [0.3, 0.4) is 0 Å². The number of hydrogen-bond donors (Lipinski definition) is 4. The van der Waals surface area contributed by atoms with E-state index in [2.05, 4.69) is 26.5 Å². The minimum Gasteiger partial charge on any atom is -0.326 e. The van der Waals surface area contributed by atoms with Crippen molar-refractivity contribution >= 4 is 63.3 Å². The lowest BCUT2D eigenvalue weighted by atomic mass is 10.0. The maximum atomic E-state index is 13.1. The number of fused-ring (bicyclic) bond motifs is 1. The topological polar surface area (TPSA) is 115 Å². The van der Waals surface area contributed by atoms with Crippen LogP contribution in [0.15, 0.2) is 53.5 Å². The average molecular weight is 473 g/mol. The van der Waals surface area contributed by atoms with Crippen LogP contribution in [-0.4, -0.2) is 41.4 Å². The summed E-state index contributed by atoms with van der Waals surface area (Å²) in [4.78, 5) is 42.9. The van der Waals surface area contributed by atoms with Crippen molar-refractivity contribution in [1.29, 1.82) is 0 Å². The average Bonchev–Trinajstić information content (AvgIpc) is 3.23. The third-order valence-corrected chi connectivity index (χ3v) is 6.04. The summed E-state index contributed by atoms with van der Waals surface area (Å²) in [7, 11) is 0. The van der Waals surface area contributed by atoms with Gasteiger partial charge in [0.1, 0.15) is 6.17 Å². The molecular formula is C21H21ClN6O3S. The highest BCUT2D eigenvalue weighted by Gasteiger charge is 2.42. The van der Waals surface area contributed by atoms with Gasteiger partial charge in [-0.3, -0.25) is 24.7 Å². The van der Waals surface area contributed by atoms with Gasteiger partial charge in [0.2, 0.25) is 17.7 Å². The van der Waals surface area contributed by atoms with Gasteiger partial charge in [-0.05, 0) is 48.5 Å². The van der Waals surface area contributed by atoms with Crippen LogP contribution in [-0.2, 0) is 14.4 Å². The van der Waals surface area contributed by atoms with Gasteiger partial charge in [-0.2, -0.15) is 0 Å². The predicted molar refractivity (Wildman–Crippen MR) is 127 cm³/mol. The molecule has 0 aliphatic carbocycles. The summed E-state index contributed by atoms with van der Waals surface area (Å²) >= 11 is 7.18. The number of aliphatic imine (C=N–C) groups is 1. The Balaban J connectivity index is 1.44. The number of hydrazine groups is 1. The molecule has 2 unspecified atom stereocenters. The van der Waals surface area contributed by atoms with Crippen LogP contribution in [0.1, 0.15) is 6.92 Å². The van der Waals surface area contributed by atoms with Crippen LogP contribution in [0, 0.1) is 5.92 Å². The number of amides is 3. The summed E-state index contributed by atoms with van der Waals surface area (Å²) in [5, 5.41) is 6.48. The van der Waals surface area contributed by atoms with E-state index >= 15 is 0 Å². The summed E-state index contributed by atoms with van der Waals surface area (Å²) in [5.74, 6) is -0.769. The van der Waals surface area contributed by atoms with E-state index in [9.17, 15) is 14.4 Å². The van der Waals surface area contributed by atoms with Crippen LogP contribution in [0.4, 0.5) is 17.1 Å². The number of thioether (sulfide) groups is 1. The Morgan fingerprint density at radius 3 is 2.44 bits per heavy atom. The van der Waals surface area contributed by atoms with Crippen molar-refractivity contribution in [3.63, 3.8) is 0 Å². The van der Waals surface area contributed by atoms with Crippen molar-refractivity contribution in [2.24, 2.45) is 10.9 Å². The first-order valence-corrected chi connectivity index (χ1v) is 11.2. The molecule has 2 aromatic carbocycles. The molecule has 4 rings (SSSR count). The Morgan fingerprint density at radius 1 is 1.12 bits per heavy atom. The summed E-state index contributed by atoms with van der Waals surface area (Å²) in [6.07, 6.45) is -0.377. The number of nitrogens with one attached hydrogen (secondary N) is 4. The molecule has 3 amide bonds. The van der Waals surface area contributed by atoms with Crippen molar-refractivity contribution in [1.82, 2.24) is 10.9 Å². The predicted octanol–water partition coefficient (Wildman–Crippen LogP) is 2.42. The molecule has 4 N–H and O–H groups in total. The Morgan fingerprint density at radius 2 is 1.78 bits per heavy atom. The van der Waals surface area contributed by atoms with Crippen LogP contribution in [0.25, 0.3) is 0 Å². The summed E-state index contributed by atoms with van der Waals surface area (Å²) in [6.45, 7) is 1.91. The first-order chi connectivity index (χ1) is 15.4. The monoisotopic (exact) mass is 472 g/mol. The quantitative estimate of drug-likeness (QED) is 0.531. The molecule has 0 aromatic heterocycles. The molecule has 1 saturated heterocycles. The number of halogens is 1. The second-order valence-electron chi connectivity index (χ2n) is 7.23. The van der Waals surface area contributed by atoms with Gasteiger partial charge in [-0.1, -0.05) is 23.4 Å². The number of nitrogens with zero attached hydrogens (tertiary/aromatic N) is 2. The number of benzene rings is 2. The molecule has 32 heavy (non-hydrogen) atoms. The van der Waals surface area contributed by atoms with Crippen LogP contribution in [0.5, 0.6) is 0 Å². The van der Waals surface area contributed by atoms with Crippen molar-refractivity contribution in [3.05, 3.63) is 53.6 Å². The maximum Gasteiger partial charge on any atom is 0.241 e. The van der Waals surface area contributed by atoms with E-state index in [0.29, 0.717) is 33.8 Å². The fourth-order valence-corrected chi connectivity index (χ4v) is 4.34. The number of rotatable bonds is 5. The fourth-order valence-electron chi connectivity index (χ4n) is 3.36. The van der Waals surface area contributed by atoms with Gasteiger partial charge in [0.05, 0.1) is 17.4 Å². The number of hydrogen-bond acceptors (Lipinski definition) is 7. The van der Waals surface area contributed by atoms with Crippen molar-refractivity contribution in [2.75, 3.05) is 27.8 Å². The van der Waals surface area contributed by atoms with Gasteiger partial charge < -0.3 is 10.6 Å². The van der Waals surface area contributed by atoms with Gasteiger partial charge in [-0.15, -0.1) is 0 Å². The molecule has 11 heteroatoms. The first-order valence-electron chi connectivity index (χ1n) is 9.87. The van der Waals surface area contributed by atoms with E-state index in [4.69, 9.17) is 11.6 Å². The van der Waals surface area contributed by atoms with Crippen LogP contribution in [0.2, 0.25) is 5.02 Å². The third-order valence-electron chi connectivity index (χ3n) is 4.84. The zero-order valence-corrected chi connectivity index (χ0v) is 18.7. The zero-order valence-electron chi connectivity index (χ0n) is 17.1. The molecular weight excluding hydrogens is 452 g/mol. The molecule has 1 fully saturated rings. The lowest BCUT2D eigenvalue weighted by molar-refractivity contribution is -0.121. The Bertz CT molecular complexity index is 1060. The zero-order chi connectivity index (χ0) is 22.7. The number of amidine groups is 1. The third kappa shape index (κ3) is 5.10. The van der Waals surface area contributed by atoms with Gasteiger partial charge >= 0.3 is 0 Å². The largest absolute Gasteiger partial charge is 0.326 e. The molecule has 2 heterocycles. The molecule has 0 saturated carbocycles. The molecule has 2 atom stereocenters. The fraction of sp³-hybridized carbons (Fsp3) is 0.238. The lowest BCUT2D eigenvalue weighted by Gasteiger charge is -2.32. The van der Waals surface area contributed by atoms with Crippen LogP contribution >= 0.6 is 23.4 Å². The van der Waals surface area contributed by atoms with Crippen LogP contribution < -0.4 is 26.4 Å². The van der Waals surface area contributed by atoms with E-state index in [0.717, 1.165) is 0 Å². The number of carbonyl (C=O) groups is 3. The van der Waals surface area contributed by atoms with Gasteiger partial charge in [0.25, 0.3) is 0 Å². The van der Waals surface area contributed by atoms with E-state index in [-0.39, 0.29) is 35.6 Å². The van der Waals surface area contributed by atoms with Gasteiger partial charge in [0, 0.05) is 29.9 Å². The second kappa shape index (κ2) is 9.70.